The van der Waals surface area contributed by atoms with Crippen LogP contribution in [0.2, 0.25) is 0 Å². The molecule has 0 aliphatic heterocycles. The van der Waals surface area contributed by atoms with Gasteiger partial charge < -0.3 is 16.0 Å². The van der Waals surface area contributed by atoms with E-state index < -0.39 is 5.91 Å². The molecule has 0 unspecified atom stereocenters. The van der Waals surface area contributed by atoms with E-state index in [-0.39, 0.29) is 23.7 Å². The molecule has 1 aromatic heterocycles. The van der Waals surface area contributed by atoms with Gasteiger partial charge >= 0.3 is 0 Å². The highest BCUT2D eigenvalue weighted by molar-refractivity contribution is 5.94. The Morgan fingerprint density at radius 3 is 2.43 bits per heavy atom. The first-order valence-corrected chi connectivity index (χ1v) is 6.97. The lowest BCUT2D eigenvalue weighted by molar-refractivity contribution is -0.121. The van der Waals surface area contributed by atoms with E-state index >= 15 is 0 Å². The van der Waals surface area contributed by atoms with Crippen LogP contribution in [0.4, 0.5) is 5.82 Å². The van der Waals surface area contributed by atoms with Gasteiger partial charge in [0, 0.05) is 12.1 Å². The molecule has 1 aromatic rings. The lowest BCUT2D eigenvalue weighted by atomic mass is 10.1. The molecule has 0 atom stereocenters. The summed E-state index contributed by atoms with van der Waals surface area (Å²) in [5, 5.41) is 8.34. The van der Waals surface area contributed by atoms with Crippen LogP contribution in [0.5, 0.6) is 0 Å². The number of aromatic nitrogens is 2. The summed E-state index contributed by atoms with van der Waals surface area (Å²) in [6, 6.07) is 0. The lowest BCUT2D eigenvalue weighted by Crippen LogP contribution is -2.45. The quantitative estimate of drug-likeness (QED) is 0.725. The number of nitrogens with zero attached hydrogens (tertiary/aromatic N) is 2. The smallest absolute Gasteiger partial charge is 0.271 e. The summed E-state index contributed by atoms with van der Waals surface area (Å²) < 4.78 is 0. The lowest BCUT2D eigenvalue weighted by Gasteiger charge is -2.20. The van der Waals surface area contributed by atoms with Crippen LogP contribution in [0.15, 0.2) is 12.4 Å². The van der Waals surface area contributed by atoms with Crippen LogP contribution in [0, 0.1) is 0 Å². The number of hydrogen-bond donors (Lipinski definition) is 3. The average molecular weight is 293 g/mol. The Morgan fingerprint density at radius 1 is 1.19 bits per heavy atom. The molecule has 0 aliphatic rings. The summed E-state index contributed by atoms with van der Waals surface area (Å²) in [5.74, 6) is -0.0440. The van der Waals surface area contributed by atoms with E-state index in [1.54, 1.807) is 0 Å². The van der Waals surface area contributed by atoms with Crippen molar-refractivity contribution in [3.05, 3.63) is 18.1 Å². The van der Waals surface area contributed by atoms with Crippen molar-refractivity contribution in [1.29, 1.82) is 0 Å². The number of hydrogen-bond acceptors (Lipinski definition) is 5. The van der Waals surface area contributed by atoms with Crippen molar-refractivity contribution >= 4 is 17.6 Å². The molecule has 7 heteroatoms. The topological polar surface area (TPSA) is 96.0 Å². The first-order valence-electron chi connectivity index (χ1n) is 6.97. The van der Waals surface area contributed by atoms with Crippen LogP contribution in [0.3, 0.4) is 0 Å². The molecular weight excluding hydrogens is 270 g/mol. The summed E-state index contributed by atoms with van der Waals surface area (Å²) in [4.78, 5) is 31.5. The molecule has 0 saturated carbocycles. The maximum absolute atomic E-state index is 11.8. The van der Waals surface area contributed by atoms with Gasteiger partial charge in [-0.05, 0) is 27.2 Å². The first-order chi connectivity index (χ1) is 9.81. The average Bonchev–Trinajstić information content (AvgIpc) is 2.41. The van der Waals surface area contributed by atoms with Gasteiger partial charge in [-0.2, -0.15) is 0 Å². The van der Waals surface area contributed by atoms with Crippen molar-refractivity contribution in [3.63, 3.8) is 0 Å². The molecule has 0 bridgehead atoms. The largest absolute Gasteiger partial charge is 0.369 e. The van der Waals surface area contributed by atoms with Gasteiger partial charge in [0.25, 0.3) is 5.91 Å². The van der Waals surface area contributed by atoms with Crippen LogP contribution in [0.25, 0.3) is 0 Å². The van der Waals surface area contributed by atoms with Crippen LogP contribution in [-0.2, 0) is 4.79 Å². The number of rotatable bonds is 6. The maximum Gasteiger partial charge on any atom is 0.271 e. The summed E-state index contributed by atoms with van der Waals surface area (Å²) in [7, 11) is 0. The molecule has 2 amide bonds. The van der Waals surface area contributed by atoms with E-state index in [1.165, 1.54) is 12.4 Å². The third kappa shape index (κ3) is 6.69. The molecule has 1 rings (SSSR count). The fourth-order valence-electron chi connectivity index (χ4n) is 1.50. The minimum absolute atomic E-state index is 0.0897. The number of carbonyl (C=O) groups is 2. The zero-order valence-electron chi connectivity index (χ0n) is 13.0. The Kier molecular flexibility index (Phi) is 6.08. The van der Waals surface area contributed by atoms with E-state index in [1.807, 2.05) is 27.7 Å². The van der Waals surface area contributed by atoms with E-state index in [0.717, 1.165) is 13.0 Å². The highest BCUT2D eigenvalue weighted by atomic mass is 16.2. The fourth-order valence-corrected chi connectivity index (χ4v) is 1.50. The summed E-state index contributed by atoms with van der Waals surface area (Å²) in [5.41, 5.74) is -0.144. The van der Waals surface area contributed by atoms with Gasteiger partial charge in [-0.1, -0.05) is 6.92 Å². The molecule has 3 N–H and O–H groups in total. The van der Waals surface area contributed by atoms with Gasteiger partial charge in [-0.3, -0.25) is 9.59 Å². The second kappa shape index (κ2) is 7.56. The molecule has 0 spiro atoms. The molecule has 116 valence electrons. The monoisotopic (exact) mass is 293 g/mol. The Morgan fingerprint density at radius 2 is 1.90 bits per heavy atom. The zero-order valence-corrected chi connectivity index (χ0v) is 13.0. The molecule has 0 aromatic carbocycles. The van der Waals surface area contributed by atoms with Crippen molar-refractivity contribution < 1.29 is 9.59 Å². The summed E-state index contributed by atoms with van der Waals surface area (Å²) >= 11 is 0. The van der Waals surface area contributed by atoms with E-state index in [9.17, 15) is 9.59 Å². The molecular formula is C14H23N5O2. The third-order valence-electron chi connectivity index (χ3n) is 2.36. The second-order valence-corrected chi connectivity index (χ2v) is 5.69. The molecule has 0 radical (unpaired) electrons. The Labute approximate surface area is 124 Å². The summed E-state index contributed by atoms with van der Waals surface area (Å²) in [6.07, 6.45) is 3.86. The molecule has 21 heavy (non-hydrogen) atoms. The van der Waals surface area contributed by atoms with Crippen molar-refractivity contribution in [3.8, 4) is 0 Å². The number of anilines is 1. The van der Waals surface area contributed by atoms with E-state index in [4.69, 9.17) is 0 Å². The van der Waals surface area contributed by atoms with Gasteiger partial charge in [0.1, 0.15) is 11.5 Å². The van der Waals surface area contributed by atoms with Gasteiger partial charge in [0.2, 0.25) is 5.91 Å². The molecule has 7 nitrogen and oxygen atoms in total. The number of amides is 2. The first kappa shape index (κ1) is 16.9. The predicted molar refractivity (Wildman–Crippen MR) is 81.0 cm³/mol. The molecule has 1 heterocycles. The Balaban J connectivity index is 2.47. The van der Waals surface area contributed by atoms with Crippen molar-refractivity contribution in [1.82, 2.24) is 20.6 Å². The zero-order chi connectivity index (χ0) is 15.9. The number of nitrogens with one attached hydrogen (secondary N) is 3. The standard InChI is InChI=1S/C14H23N5O2/c1-5-6-15-11-8-16-10(7-17-11)13(21)18-9-12(20)19-14(2,3)4/h7-8H,5-6,9H2,1-4H3,(H,15,17)(H,18,21)(H,19,20). The minimum Gasteiger partial charge on any atom is -0.369 e. The highest BCUT2D eigenvalue weighted by Crippen LogP contribution is 2.01. The fraction of sp³-hybridized carbons (Fsp3) is 0.571. The SMILES string of the molecule is CCCNc1cnc(C(=O)NCC(=O)NC(C)(C)C)cn1. The second-order valence-electron chi connectivity index (χ2n) is 5.69. The van der Waals surface area contributed by atoms with Crippen molar-refractivity contribution in [2.45, 2.75) is 39.7 Å². The highest BCUT2D eigenvalue weighted by Gasteiger charge is 2.15. The third-order valence-corrected chi connectivity index (χ3v) is 2.36. The summed E-state index contributed by atoms with van der Waals surface area (Å²) in [6.45, 7) is 8.38. The Hall–Kier alpha value is -2.18. The van der Waals surface area contributed by atoms with Crippen LogP contribution in [-0.4, -0.2) is 40.4 Å². The molecule has 0 saturated heterocycles. The molecule has 0 fully saturated rings. The van der Waals surface area contributed by atoms with Gasteiger partial charge in [-0.15, -0.1) is 0 Å². The van der Waals surface area contributed by atoms with Gasteiger partial charge in [0.05, 0.1) is 18.9 Å². The normalized spacial score (nSPS) is 10.9. The predicted octanol–water partition coefficient (Wildman–Crippen LogP) is 0.943. The van der Waals surface area contributed by atoms with E-state index in [0.29, 0.717) is 5.82 Å². The minimum atomic E-state index is -0.423. The van der Waals surface area contributed by atoms with Crippen LogP contribution in [0.1, 0.15) is 44.6 Å². The van der Waals surface area contributed by atoms with E-state index in [2.05, 4.69) is 25.9 Å². The van der Waals surface area contributed by atoms with Crippen molar-refractivity contribution in [2.24, 2.45) is 0 Å². The Bertz CT molecular complexity index is 479. The van der Waals surface area contributed by atoms with Gasteiger partial charge in [0.15, 0.2) is 0 Å². The van der Waals surface area contributed by atoms with Gasteiger partial charge in [-0.25, -0.2) is 9.97 Å². The van der Waals surface area contributed by atoms with Crippen LogP contribution < -0.4 is 16.0 Å². The van der Waals surface area contributed by atoms with Crippen molar-refractivity contribution in [2.75, 3.05) is 18.4 Å². The molecule has 0 aliphatic carbocycles. The maximum atomic E-state index is 11.8. The number of carbonyl (C=O) groups excluding carboxylic acids is 2. The van der Waals surface area contributed by atoms with Crippen LogP contribution >= 0.6 is 0 Å².